The average molecular weight is 392 g/mol. The molecule has 0 aliphatic rings. The number of non-ortho nitro benzene ring substituents is 1. The Kier molecular flexibility index (Phi) is 4.73. The number of hydrogen-bond donors (Lipinski definition) is 0. The Hall–Kier alpha value is -2.19. The van der Waals surface area contributed by atoms with Crippen molar-refractivity contribution in [1.29, 1.82) is 0 Å². The highest BCUT2D eigenvalue weighted by Gasteiger charge is 2.13. The van der Waals surface area contributed by atoms with Crippen LogP contribution in [0.1, 0.15) is 5.56 Å². The van der Waals surface area contributed by atoms with E-state index in [1.807, 2.05) is 24.3 Å². The van der Waals surface area contributed by atoms with Crippen molar-refractivity contribution in [3.05, 3.63) is 68.7 Å². The summed E-state index contributed by atoms with van der Waals surface area (Å²) >= 11 is 4.81. The fourth-order valence-electron chi connectivity index (χ4n) is 1.86. The number of nitro benzene ring substituents is 1. The molecule has 0 N–H and O–H groups in total. The predicted molar refractivity (Wildman–Crippen MR) is 90.1 cm³/mol. The second kappa shape index (κ2) is 6.93. The van der Waals surface area contributed by atoms with Gasteiger partial charge in [-0.05, 0) is 23.8 Å². The predicted octanol–water partition coefficient (Wildman–Crippen LogP) is 4.70. The molecule has 2 aromatic carbocycles. The molecular formula is C15H10BrN3O3S. The minimum Gasteiger partial charge on any atom is -0.411 e. The maximum atomic E-state index is 10.8. The van der Waals surface area contributed by atoms with E-state index in [0.717, 1.165) is 10.0 Å². The maximum absolute atomic E-state index is 10.8. The molecule has 0 saturated heterocycles. The van der Waals surface area contributed by atoms with Gasteiger partial charge in [0.2, 0.25) is 5.89 Å². The Bertz CT molecular complexity index is 836. The second-order valence-electron chi connectivity index (χ2n) is 4.60. The number of hydrogen-bond acceptors (Lipinski definition) is 6. The zero-order valence-corrected chi connectivity index (χ0v) is 14.1. The zero-order valence-electron chi connectivity index (χ0n) is 11.7. The van der Waals surface area contributed by atoms with Gasteiger partial charge < -0.3 is 4.42 Å². The van der Waals surface area contributed by atoms with E-state index < -0.39 is 4.92 Å². The molecule has 0 amide bonds. The summed E-state index contributed by atoms with van der Waals surface area (Å²) in [5.74, 6) is 0.969. The van der Waals surface area contributed by atoms with Crippen LogP contribution in [0.3, 0.4) is 0 Å². The van der Waals surface area contributed by atoms with Crippen molar-refractivity contribution in [2.75, 3.05) is 0 Å². The first kappa shape index (κ1) is 15.7. The van der Waals surface area contributed by atoms with Gasteiger partial charge in [0.15, 0.2) is 0 Å². The molecule has 0 unspecified atom stereocenters. The topological polar surface area (TPSA) is 82.1 Å². The molecule has 1 heterocycles. The molecule has 0 spiro atoms. The summed E-state index contributed by atoms with van der Waals surface area (Å²) in [6.07, 6.45) is 0. The van der Waals surface area contributed by atoms with Crippen LogP contribution in [0.5, 0.6) is 0 Å². The molecule has 0 aliphatic carbocycles. The molecule has 0 aliphatic heterocycles. The number of aromatic nitrogens is 2. The molecule has 3 rings (SSSR count). The summed E-state index contributed by atoms with van der Waals surface area (Å²) in [5.41, 5.74) is 1.65. The number of nitrogens with zero attached hydrogens (tertiary/aromatic N) is 3. The van der Waals surface area contributed by atoms with Crippen molar-refractivity contribution in [1.82, 2.24) is 10.2 Å². The van der Waals surface area contributed by atoms with Gasteiger partial charge in [-0.2, -0.15) is 0 Å². The Labute approximate surface area is 144 Å². The minimum absolute atomic E-state index is 0.00948. The van der Waals surface area contributed by atoms with Gasteiger partial charge in [-0.3, -0.25) is 10.1 Å². The van der Waals surface area contributed by atoms with E-state index in [1.165, 1.54) is 23.9 Å². The monoisotopic (exact) mass is 391 g/mol. The van der Waals surface area contributed by atoms with E-state index >= 15 is 0 Å². The molecule has 0 radical (unpaired) electrons. The molecule has 0 saturated carbocycles. The van der Waals surface area contributed by atoms with Gasteiger partial charge >= 0.3 is 0 Å². The Balaban J connectivity index is 1.71. The zero-order chi connectivity index (χ0) is 16.2. The quantitative estimate of drug-likeness (QED) is 0.356. The van der Waals surface area contributed by atoms with E-state index in [1.54, 1.807) is 12.1 Å². The SMILES string of the molecule is O=[N+]([O-])c1cccc(-c2nnc(SCc3ccc(Br)cc3)o2)c1. The molecule has 0 bridgehead atoms. The molecule has 23 heavy (non-hydrogen) atoms. The molecule has 0 atom stereocenters. The summed E-state index contributed by atoms with van der Waals surface area (Å²) in [7, 11) is 0. The number of nitro groups is 1. The van der Waals surface area contributed by atoms with Gasteiger partial charge in [0.05, 0.1) is 4.92 Å². The highest BCUT2D eigenvalue weighted by Crippen LogP contribution is 2.27. The van der Waals surface area contributed by atoms with E-state index in [-0.39, 0.29) is 11.6 Å². The van der Waals surface area contributed by atoms with Crippen molar-refractivity contribution in [2.45, 2.75) is 11.0 Å². The maximum Gasteiger partial charge on any atom is 0.277 e. The molecule has 3 aromatic rings. The highest BCUT2D eigenvalue weighted by atomic mass is 79.9. The summed E-state index contributed by atoms with van der Waals surface area (Å²) < 4.78 is 6.58. The van der Waals surface area contributed by atoms with Crippen LogP contribution < -0.4 is 0 Å². The average Bonchev–Trinajstić information content (AvgIpc) is 3.03. The lowest BCUT2D eigenvalue weighted by Crippen LogP contribution is -1.88. The van der Waals surface area contributed by atoms with Gasteiger partial charge in [0.1, 0.15) is 0 Å². The highest BCUT2D eigenvalue weighted by molar-refractivity contribution is 9.10. The van der Waals surface area contributed by atoms with Crippen LogP contribution in [0.4, 0.5) is 5.69 Å². The summed E-state index contributed by atoms with van der Waals surface area (Å²) in [4.78, 5) is 10.3. The van der Waals surface area contributed by atoms with Gasteiger partial charge in [-0.25, -0.2) is 0 Å². The standard InChI is InChI=1S/C15H10BrN3O3S/c16-12-6-4-10(5-7-12)9-23-15-18-17-14(22-15)11-2-1-3-13(8-11)19(20)21/h1-8H,9H2. The van der Waals surface area contributed by atoms with Crippen molar-refractivity contribution >= 4 is 33.4 Å². The van der Waals surface area contributed by atoms with Crippen LogP contribution in [-0.2, 0) is 5.75 Å². The lowest BCUT2D eigenvalue weighted by atomic mass is 10.2. The molecule has 6 nitrogen and oxygen atoms in total. The fraction of sp³-hybridized carbons (Fsp3) is 0.0667. The summed E-state index contributed by atoms with van der Waals surface area (Å²) in [5, 5.41) is 19.1. The third kappa shape index (κ3) is 3.96. The van der Waals surface area contributed by atoms with Crippen LogP contribution in [0.25, 0.3) is 11.5 Å². The minimum atomic E-state index is -0.455. The Morgan fingerprint density at radius 2 is 1.96 bits per heavy atom. The Morgan fingerprint density at radius 3 is 2.70 bits per heavy atom. The largest absolute Gasteiger partial charge is 0.411 e. The van der Waals surface area contributed by atoms with Crippen molar-refractivity contribution in [3.63, 3.8) is 0 Å². The lowest BCUT2D eigenvalue weighted by Gasteiger charge is -1.98. The third-order valence-electron chi connectivity index (χ3n) is 2.99. The van der Waals surface area contributed by atoms with Gasteiger partial charge in [-0.15, -0.1) is 10.2 Å². The first-order chi connectivity index (χ1) is 11.1. The second-order valence-corrected chi connectivity index (χ2v) is 6.44. The van der Waals surface area contributed by atoms with Crippen molar-refractivity contribution in [3.8, 4) is 11.5 Å². The lowest BCUT2D eigenvalue weighted by molar-refractivity contribution is -0.384. The summed E-state index contributed by atoms with van der Waals surface area (Å²) in [6.45, 7) is 0. The van der Waals surface area contributed by atoms with E-state index in [2.05, 4.69) is 26.1 Å². The van der Waals surface area contributed by atoms with Gasteiger partial charge in [-0.1, -0.05) is 45.9 Å². The smallest absolute Gasteiger partial charge is 0.277 e. The van der Waals surface area contributed by atoms with Crippen LogP contribution in [-0.4, -0.2) is 15.1 Å². The normalized spacial score (nSPS) is 10.7. The van der Waals surface area contributed by atoms with Crippen LogP contribution in [0.2, 0.25) is 0 Å². The molecule has 8 heteroatoms. The first-order valence-electron chi connectivity index (χ1n) is 6.57. The van der Waals surface area contributed by atoms with Gasteiger partial charge in [0.25, 0.3) is 10.9 Å². The molecule has 116 valence electrons. The molecular weight excluding hydrogens is 382 g/mol. The van der Waals surface area contributed by atoms with E-state index in [4.69, 9.17) is 4.42 Å². The van der Waals surface area contributed by atoms with Gasteiger partial charge in [0, 0.05) is 27.9 Å². The van der Waals surface area contributed by atoms with Crippen LogP contribution in [0, 0.1) is 10.1 Å². The summed E-state index contributed by atoms with van der Waals surface area (Å²) in [6, 6.07) is 14.1. The van der Waals surface area contributed by atoms with Crippen molar-refractivity contribution < 1.29 is 9.34 Å². The van der Waals surface area contributed by atoms with E-state index in [9.17, 15) is 10.1 Å². The van der Waals surface area contributed by atoms with E-state index in [0.29, 0.717) is 16.5 Å². The number of rotatable bonds is 5. The van der Waals surface area contributed by atoms with Crippen molar-refractivity contribution in [2.24, 2.45) is 0 Å². The first-order valence-corrected chi connectivity index (χ1v) is 8.35. The fourth-order valence-corrected chi connectivity index (χ4v) is 2.85. The van der Waals surface area contributed by atoms with Crippen LogP contribution >= 0.6 is 27.7 Å². The molecule has 0 fully saturated rings. The molecule has 1 aromatic heterocycles. The van der Waals surface area contributed by atoms with Crippen LogP contribution in [0.15, 0.2) is 62.6 Å². The third-order valence-corrected chi connectivity index (χ3v) is 4.40. The number of halogens is 1. The Morgan fingerprint density at radius 1 is 1.17 bits per heavy atom. The number of benzene rings is 2. The number of thioether (sulfide) groups is 1.